The lowest BCUT2D eigenvalue weighted by Gasteiger charge is -2.08. The van der Waals surface area contributed by atoms with Gasteiger partial charge in [0.25, 0.3) is 11.8 Å². The molecule has 0 radical (unpaired) electrons. The Kier molecular flexibility index (Phi) is 5.45. The molecule has 2 rings (SSSR count). The molecule has 2 aromatic rings. The van der Waals surface area contributed by atoms with Gasteiger partial charge in [0, 0.05) is 14.1 Å². The highest BCUT2D eigenvalue weighted by Crippen LogP contribution is 2.21. The van der Waals surface area contributed by atoms with Gasteiger partial charge in [-0.3, -0.25) is 25.2 Å². The highest BCUT2D eigenvalue weighted by atomic mass is 79.9. The van der Waals surface area contributed by atoms with Crippen molar-refractivity contribution in [2.24, 2.45) is 0 Å². The Bertz CT molecular complexity index is 741. The number of hydrogen-bond donors (Lipinski definition) is 2. The molecule has 0 unspecified atom stereocenters. The van der Waals surface area contributed by atoms with Gasteiger partial charge in [-0.25, -0.2) is 4.68 Å². The van der Waals surface area contributed by atoms with Crippen LogP contribution in [0.15, 0.2) is 22.1 Å². The van der Waals surface area contributed by atoms with Gasteiger partial charge in [-0.2, -0.15) is 0 Å². The minimum atomic E-state index is -0.627. The summed E-state index contributed by atoms with van der Waals surface area (Å²) in [5.74, 6) is -1.25. The molecule has 23 heavy (non-hydrogen) atoms. The van der Waals surface area contributed by atoms with E-state index in [1.807, 2.05) is 0 Å². The molecule has 2 aromatic heterocycles. The maximum Gasteiger partial charge on any atom is 0.291 e. The minimum absolute atomic E-state index is 0.00998. The van der Waals surface area contributed by atoms with Gasteiger partial charge in [-0.15, -0.1) is 16.4 Å². The van der Waals surface area contributed by atoms with Gasteiger partial charge in [-0.1, -0.05) is 5.21 Å². The van der Waals surface area contributed by atoms with Crippen molar-refractivity contribution < 1.29 is 14.4 Å². The van der Waals surface area contributed by atoms with Crippen molar-refractivity contribution >= 4 is 45.0 Å². The monoisotopic (exact) mass is 400 g/mol. The first-order chi connectivity index (χ1) is 10.9. The summed E-state index contributed by atoms with van der Waals surface area (Å²) in [6.45, 7) is -0.0249. The number of nitrogens with one attached hydrogen (secondary N) is 2. The average molecular weight is 401 g/mol. The Morgan fingerprint density at radius 2 is 1.96 bits per heavy atom. The zero-order chi connectivity index (χ0) is 17.0. The fourth-order valence-corrected chi connectivity index (χ4v) is 2.72. The second-order valence-electron chi connectivity index (χ2n) is 4.60. The molecule has 0 spiro atoms. The highest BCUT2D eigenvalue weighted by molar-refractivity contribution is 9.11. The number of nitrogens with zero attached hydrogens (tertiary/aromatic N) is 4. The third kappa shape index (κ3) is 4.60. The Morgan fingerprint density at radius 1 is 1.26 bits per heavy atom. The van der Waals surface area contributed by atoms with Crippen molar-refractivity contribution in [1.29, 1.82) is 0 Å². The van der Waals surface area contributed by atoms with E-state index in [2.05, 4.69) is 37.1 Å². The molecule has 2 heterocycles. The van der Waals surface area contributed by atoms with Crippen LogP contribution in [0.4, 0.5) is 0 Å². The molecule has 0 atom stereocenters. The number of hydrogen-bond acceptors (Lipinski definition) is 6. The molecule has 0 saturated carbocycles. The first-order valence-corrected chi connectivity index (χ1v) is 7.94. The fraction of sp³-hybridized carbons (Fsp3) is 0.250. The SMILES string of the molecule is CN(C)C(=O)Cn1cc(C(=O)NNC(=O)c2ccc(Br)s2)nn1. The molecule has 0 bridgehead atoms. The molecule has 0 aliphatic heterocycles. The maximum absolute atomic E-state index is 11.9. The van der Waals surface area contributed by atoms with Crippen molar-refractivity contribution in [3.05, 3.63) is 32.7 Å². The summed E-state index contributed by atoms with van der Waals surface area (Å²) in [6, 6.07) is 3.36. The number of carbonyl (C=O) groups excluding carboxylic acids is 3. The second-order valence-corrected chi connectivity index (χ2v) is 7.06. The molecule has 0 fully saturated rings. The predicted octanol–water partition coefficient (Wildman–Crippen LogP) is 0.265. The zero-order valence-corrected chi connectivity index (χ0v) is 14.6. The van der Waals surface area contributed by atoms with Crippen molar-refractivity contribution in [3.8, 4) is 0 Å². The lowest BCUT2D eigenvalue weighted by Crippen LogP contribution is -2.41. The molecule has 0 aliphatic rings. The number of halogens is 1. The van der Waals surface area contributed by atoms with Crippen molar-refractivity contribution in [2.75, 3.05) is 14.1 Å². The average Bonchev–Trinajstić information content (AvgIpc) is 3.13. The van der Waals surface area contributed by atoms with E-state index < -0.39 is 11.8 Å². The third-order valence-electron chi connectivity index (χ3n) is 2.65. The summed E-state index contributed by atoms with van der Waals surface area (Å²) in [5.41, 5.74) is 4.51. The standard InChI is InChI=1S/C12H13BrN6O3S/c1-18(2)10(20)6-19-5-7(14-17-19)11(21)15-16-12(22)8-3-4-9(13)23-8/h3-5H,6H2,1-2H3,(H,15,21)(H,16,22). The number of likely N-dealkylation sites (N-methyl/N-ethyl adjacent to an activating group) is 1. The predicted molar refractivity (Wildman–Crippen MR) is 85.7 cm³/mol. The topological polar surface area (TPSA) is 109 Å². The van der Waals surface area contributed by atoms with Gasteiger partial charge in [0.2, 0.25) is 5.91 Å². The number of thiophene rings is 1. The van der Waals surface area contributed by atoms with Gasteiger partial charge in [0.1, 0.15) is 6.54 Å². The first-order valence-electron chi connectivity index (χ1n) is 6.33. The van der Waals surface area contributed by atoms with Crippen LogP contribution >= 0.6 is 27.3 Å². The van der Waals surface area contributed by atoms with E-state index in [4.69, 9.17) is 0 Å². The van der Waals surface area contributed by atoms with E-state index in [1.165, 1.54) is 27.1 Å². The Morgan fingerprint density at radius 3 is 2.57 bits per heavy atom. The molecule has 2 N–H and O–H groups in total. The number of rotatable bonds is 4. The van der Waals surface area contributed by atoms with Crippen LogP contribution in [-0.4, -0.2) is 51.7 Å². The summed E-state index contributed by atoms with van der Waals surface area (Å²) >= 11 is 4.48. The van der Waals surface area contributed by atoms with Gasteiger partial charge >= 0.3 is 0 Å². The van der Waals surface area contributed by atoms with Gasteiger partial charge in [-0.05, 0) is 28.1 Å². The molecule has 11 heteroatoms. The number of amides is 3. The highest BCUT2D eigenvalue weighted by Gasteiger charge is 2.15. The normalized spacial score (nSPS) is 10.2. The van der Waals surface area contributed by atoms with Crippen LogP contribution in [0.2, 0.25) is 0 Å². The Hall–Kier alpha value is -2.27. The summed E-state index contributed by atoms with van der Waals surface area (Å²) < 4.78 is 2.05. The zero-order valence-electron chi connectivity index (χ0n) is 12.2. The summed E-state index contributed by atoms with van der Waals surface area (Å²) in [5, 5.41) is 7.35. The first kappa shape index (κ1) is 17.1. The van der Waals surface area contributed by atoms with Gasteiger partial charge < -0.3 is 4.90 Å². The van der Waals surface area contributed by atoms with Crippen molar-refractivity contribution in [3.63, 3.8) is 0 Å². The summed E-state index contributed by atoms with van der Waals surface area (Å²) in [4.78, 5) is 37.1. The van der Waals surface area contributed by atoms with Crippen LogP contribution in [-0.2, 0) is 11.3 Å². The quantitative estimate of drug-likeness (QED) is 0.715. The van der Waals surface area contributed by atoms with E-state index in [0.29, 0.717) is 4.88 Å². The molecule has 0 saturated heterocycles. The van der Waals surface area contributed by atoms with Crippen LogP contribution in [0.3, 0.4) is 0 Å². The van der Waals surface area contributed by atoms with Crippen LogP contribution in [0, 0.1) is 0 Å². The van der Waals surface area contributed by atoms with Crippen molar-refractivity contribution in [1.82, 2.24) is 30.7 Å². The van der Waals surface area contributed by atoms with Crippen LogP contribution < -0.4 is 10.9 Å². The fourth-order valence-electron chi connectivity index (χ4n) is 1.44. The van der Waals surface area contributed by atoms with Crippen LogP contribution in [0.1, 0.15) is 20.2 Å². The van der Waals surface area contributed by atoms with E-state index in [9.17, 15) is 14.4 Å². The number of hydrazine groups is 1. The minimum Gasteiger partial charge on any atom is -0.347 e. The van der Waals surface area contributed by atoms with E-state index >= 15 is 0 Å². The molecule has 9 nitrogen and oxygen atoms in total. The molecule has 3 amide bonds. The lowest BCUT2D eigenvalue weighted by atomic mass is 10.4. The third-order valence-corrected chi connectivity index (χ3v) is 4.28. The maximum atomic E-state index is 11.9. The lowest BCUT2D eigenvalue weighted by molar-refractivity contribution is -0.129. The van der Waals surface area contributed by atoms with E-state index in [-0.39, 0.29) is 18.1 Å². The molecular weight excluding hydrogens is 388 g/mol. The number of aromatic nitrogens is 3. The second kappa shape index (κ2) is 7.33. The van der Waals surface area contributed by atoms with Crippen LogP contribution in [0.5, 0.6) is 0 Å². The largest absolute Gasteiger partial charge is 0.347 e. The Balaban J connectivity index is 1.90. The molecule has 0 aliphatic carbocycles. The number of carbonyl (C=O) groups is 3. The summed E-state index contributed by atoms with van der Waals surface area (Å²) in [7, 11) is 3.23. The van der Waals surface area contributed by atoms with E-state index in [0.717, 1.165) is 3.79 Å². The molecular formula is C12H13BrN6O3S. The molecule has 0 aromatic carbocycles. The molecule has 122 valence electrons. The Labute approximate surface area is 143 Å². The van der Waals surface area contributed by atoms with Gasteiger partial charge in [0.05, 0.1) is 14.9 Å². The van der Waals surface area contributed by atoms with E-state index in [1.54, 1.807) is 26.2 Å². The van der Waals surface area contributed by atoms with Crippen molar-refractivity contribution in [2.45, 2.75) is 6.54 Å². The smallest absolute Gasteiger partial charge is 0.291 e. The summed E-state index contributed by atoms with van der Waals surface area (Å²) in [6.07, 6.45) is 1.32. The van der Waals surface area contributed by atoms with Crippen LogP contribution in [0.25, 0.3) is 0 Å². The van der Waals surface area contributed by atoms with Gasteiger partial charge in [0.15, 0.2) is 5.69 Å².